The number of amides is 1. The lowest BCUT2D eigenvalue weighted by Crippen LogP contribution is -2.36. The number of carbonyl (C=O) groups is 1. The van der Waals surface area contributed by atoms with E-state index in [4.69, 9.17) is 0 Å². The molecule has 0 radical (unpaired) electrons. The molecule has 1 fully saturated rings. The van der Waals surface area contributed by atoms with Crippen LogP contribution in [0.2, 0.25) is 0 Å². The lowest BCUT2D eigenvalue weighted by molar-refractivity contribution is -0.121. The van der Waals surface area contributed by atoms with E-state index in [0.717, 1.165) is 18.8 Å². The van der Waals surface area contributed by atoms with Crippen LogP contribution in [-0.4, -0.2) is 62.4 Å². The molecule has 1 saturated carbocycles. The van der Waals surface area contributed by atoms with Gasteiger partial charge in [-0.2, -0.15) is 0 Å². The highest BCUT2D eigenvalue weighted by molar-refractivity contribution is 5.80. The van der Waals surface area contributed by atoms with Gasteiger partial charge in [-0.3, -0.25) is 9.79 Å². The summed E-state index contributed by atoms with van der Waals surface area (Å²) in [7, 11) is 7.82. The molecular weight excluding hydrogens is 228 g/mol. The number of carbonyl (C=O) groups excluding carboxylic acids is 1. The van der Waals surface area contributed by atoms with Gasteiger partial charge >= 0.3 is 0 Å². The number of nitrogens with one attached hydrogen (secondary N) is 1. The first-order valence-corrected chi connectivity index (χ1v) is 6.69. The topological polar surface area (TPSA) is 47.9 Å². The number of hydrogen-bond acceptors (Lipinski definition) is 2. The van der Waals surface area contributed by atoms with E-state index in [-0.39, 0.29) is 5.91 Å². The minimum absolute atomic E-state index is 0.127. The number of aliphatic imine (C=N–C) groups is 1. The quantitative estimate of drug-likeness (QED) is 0.599. The molecule has 5 heteroatoms. The molecule has 0 bridgehead atoms. The lowest BCUT2D eigenvalue weighted by atomic mass is 10.2. The second-order valence-electron chi connectivity index (χ2n) is 5.27. The molecule has 0 saturated heterocycles. The number of hydrogen-bond donors (Lipinski definition) is 1. The highest BCUT2D eigenvalue weighted by Gasteiger charge is 2.16. The molecular formula is C13H26N4O. The first-order chi connectivity index (χ1) is 8.50. The Bertz CT molecular complexity index is 283. The fourth-order valence-electron chi connectivity index (χ4n) is 2.31. The van der Waals surface area contributed by atoms with Crippen molar-refractivity contribution in [1.82, 2.24) is 15.1 Å². The molecule has 0 heterocycles. The van der Waals surface area contributed by atoms with Gasteiger partial charge in [0.1, 0.15) is 0 Å². The zero-order valence-corrected chi connectivity index (χ0v) is 12.1. The van der Waals surface area contributed by atoms with Crippen molar-refractivity contribution in [2.75, 3.05) is 34.7 Å². The second kappa shape index (κ2) is 7.24. The molecule has 0 aromatic heterocycles. The lowest BCUT2D eigenvalue weighted by Gasteiger charge is -2.22. The fraction of sp³-hybridized carbons (Fsp3) is 0.846. The Morgan fingerprint density at radius 3 is 2.22 bits per heavy atom. The van der Waals surface area contributed by atoms with Gasteiger partial charge in [-0.1, -0.05) is 12.8 Å². The van der Waals surface area contributed by atoms with E-state index in [9.17, 15) is 4.79 Å². The summed E-state index contributed by atoms with van der Waals surface area (Å²) in [6, 6.07) is 0.406. The van der Waals surface area contributed by atoms with Crippen molar-refractivity contribution in [3.63, 3.8) is 0 Å². The Kier molecular flexibility index (Phi) is 5.95. The number of nitrogens with zero attached hydrogens (tertiary/aromatic N) is 3. The van der Waals surface area contributed by atoms with Crippen LogP contribution in [0.15, 0.2) is 4.99 Å². The standard InChI is InChI=1S/C13H26N4O/c1-16(2)13(17(3)4)14-10-9-12(18)15-11-7-5-6-8-11/h11H,5-10H2,1-4H3,(H,15,18). The average Bonchev–Trinajstić information content (AvgIpc) is 2.75. The van der Waals surface area contributed by atoms with E-state index in [0.29, 0.717) is 19.0 Å². The summed E-state index contributed by atoms with van der Waals surface area (Å²) in [5, 5.41) is 3.08. The first kappa shape index (κ1) is 14.8. The zero-order chi connectivity index (χ0) is 13.5. The molecule has 1 N–H and O–H groups in total. The molecule has 1 aliphatic carbocycles. The third-order valence-electron chi connectivity index (χ3n) is 3.11. The largest absolute Gasteiger partial charge is 0.353 e. The summed E-state index contributed by atoms with van der Waals surface area (Å²) < 4.78 is 0. The molecule has 0 aromatic rings. The minimum atomic E-state index is 0.127. The third kappa shape index (κ3) is 4.94. The predicted molar refractivity (Wildman–Crippen MR) is 74.7 cm³/mol. The predicted octanol–water partition coefficient (Wildman–Crippen LogP) is 0.914. The minimum Gasteiger partial charge on any atom is -0.353 e. The third-order valence-corrected chi connectivity index (χ3v) is 3.11. The molecule has 1 aliphatic rings. The number of guanidine groups is 1. The summed E-state index contributed by atoms with van der Waals surface area (Å²) >= 11 is 0. The smallest absolute Gasteiger partial charge is 0.222 e. The summed E-state index contributed by atoms with van der Waals surface area (Å²) in [6.45, 7) is 0.546. The van der Waals surface area contributed by atoms with Crippen LogP contribution in [0.1, 0.15) is 32.1 Å². The van der Waals surface area contributed by atoms with E-state index in [2.05, 4.69) is 10.3 Å². The van der Waals surface area contributed by atoms with Crippen LogP contribution in [0.3, 0.4) is 0 Å². The molecule has 0 aliphatic heterocycles. The van der Waals surface area contributed by atoms with Crippen molar-refractivity contribution in [3.05, 3.63) is 0 Å². The van der Waals surface area contributed by atoms with Gasteiger partial charge in [0.2, 0.25) is 5.91 Å². The van der Waals surface area contributed by atoms with Crippen molar-refractivity contribution in [1.29, 1.82) is 0 Å². The highest BCUT2D eigenvalue weighted by atomic mass is 16.1. The van der Waals surface area contributed by atoms with Crippen molar-refractivity contribution in [2.45, 2.75) is 38.1 Å². The molecule has 1 amide bonds. The molecule has 5 nitrogen and oxygen atoms in total. The van der Waals surface area contributed by atoms with Crippen LogP contribution in [0.5, 0.6) is 0 Å². The second-order valence-corrected chi connectivity index (χ2v) is 5.27. The Morgan fingerprint density at radius 2 is 1.72 bits per heavy atom. The summed E-state index contributed by atoms with van der Waals surface area (Å²) in [6.07, 6.45) is 5.23. The molecule has 0 unspecified atom stereocenters. The maximum atomic E-state index is 11.7. The molecule has 18 heavy (non-hydrogen) atoms. The molecule has 0 spiro atoms. The monoisotopic (exact) mass is 254 g/mol. The van der Waals surface area contributed by atoms with Crippen molar-refractivity contribution in [2.24, 2.45) is 4.99 Å². The maximum absolute atomic E-state index is 11.7. The first-order valence-electron chi connectivity index (χ1n) is 6.69. The summed E-state index contributed by atoms with van der Waals surface area (Å²) in [5.41, 5.74) is 0. The van der Waals surface area contributed by atoms with Gasteiger partial charge in [0.05, 0.1) is 6.54 Å². The molecule has 0 atom stereocenters. The van der Waals surface area contributed by atoms with E-state index in [1.54, 1.807) is 0 Å². The van der Waals surface area contributed by atoms with E-state index in [1.165, 1.54) is 12.8 Å². The van der Waals surface area contributed by atoms with Gasteiger partial charge in [-0.25, -0.2) is 0 Å². The Hall–Kier alpha value is -1.26. The normalized spacial score (nSPS) is 15.3. The van der Waals surface area contributed by atoms with E-state index in [1.807, 2.05) is 38.0 Å². The molecule has 0 aromatic carbocycles. The van der Waals surface area contributed by atoms with Crippen LogP contribution in [0, 0.1) is 0 Å². The van der Waals surface area contributed by atoms with Crippen molar-refractivity contribution in [3.8, 4) is 0 Å². The van der Waals surface area contributed by atoms with Crippen LogP contribution in [0.25, 0.3) is 0 Å². The molecule has 104 valence electrons. The van der Waals surface area contributed by atoms with E-state index < -0.39 is 0 Å². The van der Waals surface area contributed by atoms with Gasteiger partial charge in [-0.05, 0) is 12.8 Å². The molecule has 1 rings (SSSR count). The van der Waals surface area contributed by atoms with Gasteiger partial charge < -0.3 is 15.1 Å². The van der Waals surface area contributed by atoms with Gasteiger partial charge in [-0.15, -0.1) is 0 Å². The van der Waals surface area contributed by atoms with Crippen LogP contribution in [-0.2, 0) is 4.79 Å². The summed E-state index contributed by atoms with van der Waals surface area (Å²) in [5.74, 6) is 1.02. The SMILES string of the molecule is CN(C)C(=NCCC(=O)NC1CCCC1)N(C)C. The highest BCUT2D eigenvalue weighted by Crippen LogP contribution is 2.17. The maximum Gasteiger partial charge on any atom is 0.222 e. The number of rotatable bonds is 4. The van der Waals surface area contributed by atoms with Gasteiger partial charge in [0.25, 0.3) is 0 Å². The Balaban J connectivity index is 2.30. The van der Waals surface area contributed by atoms with Gasteiger partial charge in [0.15, 0.2) is 5.96 Å². The Labute approximate surface area is 110 Å². The van der Waals surface area contributed by atoms with Gasteiger partial charge in [0, 0.05) is 40.7 Å². The summed E-state index contributed by atoms with van der Waals surface area (Å²) in [4.78, 5) is 20.1. The van der Waals surface area contributed by atoms with Crippen LogP contribution in [0.4, 0.5) is 0 Å². The zero-order valence-electron chi connectivity index (χ0n) is 12.1. The Morgan fingerprint density at radius 1 is 1.17 bits per heavy atom. The van der Waals surface area contributed by atoms with Crippen molar-refractivity contribution >= 4 is 11.9 Å². The van der Waals surface area contributed by atoms with Crippen molar-refractivity contribution < 1.29 is 4.79 Å². The fourth-order valence-corrected chi connectivity index (χ4v) is 2.31. The van der Waals surface area contributed by atoms with E-state index >= 15 is 0 Å². The average molecular weight is 254 g/mol. The van der Waals surface area contributed by atoms with Crippen LogP contribution >= 0.6 is 0 Å². The van der Waals surface area contributed by atoms with Crippen LogP contribution < -0.4 is 5.32 Å².